The first-order chi connectivity index (χ1) is 16.8. The normalized spacial score (nSPS) is 13.1. The largest absolute Gasteiger partial charge is 0.332 e. The van der Waals surface area contributed by atoms with E-state index >= 15 is 0 Å². The van der Waals surface area contributed by atoms with E-state index in [9.17, 15) is 9.59 Å². The second kappa shape index (κ2) is 8.94. The van der Waals surface area contributed by atoms with Crippen LogP contribution in [0.25, 0.3) is 16.9 Å². The van der Waals surface area contributed by atoms with Gasteiger partial charge in [-0.3, -0.25) is 9.59 Å². The molecule has 0 aliphatic heterocycles. The van der Waals surface area contributed by atoms with E-state index in [1.807, 2.05) is 63.2 Å². The number of aryl methyl sites for hydroxylation is 3. The average Bonchev–Trinajstić information content (AvgIpc) is 3.64. The van der Waals surface area contributed by atoms with Crippen molar-refractivity contribution in [2.75, 3.05) is 18.9 Å². The highest BCUT2D eigenvalue weighted by molar-refractivity contribution is 6.08. The summed E-state index contributed by atoms with van der Waals surface area (Å²) in [6.07, 6.45) is 3.81. The number of nitrogens with one attached hydrogen (secondary N) is 1. The molecule has 178 valence electrons. The third-order valence-corrected chi connectivity index (χ3v) is 6.40. The van der Waals surface area contributed by atoms with Crippen LogP contribution >= 0.6 is 0 Å². The van der Waals surface area contributed by atoms with Crippen LogP contribution in [-0.4, -0.2) is 50.1 Å². The summed E-state index contributed by atoms with van der Waals surface area (Å²) in [5, 5.41) is 8.31. The number of aromatic nitrogens is 4. The zero-order valence-corrected chi connectivity index (χ0v) is 20.4. The molecule has 1 fully saturated rings. The molecular formula is C27H28N6O2. The Morgan fingerprint density at radius 3 is 2.49 bits per heavy atom. The van der Waals surface area contributed by atoms with Crippen LogP contribution in [0.5, 0.6) is 0 Å². The minimum absolute atomic E-state index is 0.0669. The molecule has 8 heteroatoms. The quantitative estimate of drug-likeness (QED) is 0.455. The molecule has 0 unspecified atom stereocenters. The molecule has 2 amide bonds. The van der Waals surface area contributed by atoms with Crippen molar-refractivity contribution in [2.45, 2.75) is 39.5 Å². The molecule has 0 bridgehead atoms. The summed E-state index contributed by atoms with van der Waals surface area (Å²) in [4.78, 5) is 37.2. The summed E-state index contributed by atoms with van der Waals surface area (Å²) < 4.78 is 1.70. The number of rotatable bonds is 6. The summed E-state index contributed by atoms with van der Waals surface area (Å²) >= 11 is 0. The van der Waals surface area contributed by atoms with Gasteiger partial charge in [0.2, 0.25) is 5.91 Å². The van der Waals surface area contributed by atoms with E-state index in [-0.39, 0.29) is 18.4 Å². The van der Waals surface area contributed by atoms with Crippen LogP contribution in [-0.2, 0) is 4.79 Å². The molecule has 1 aromatic carbocycles. The molecule has 5 rings (SSSR count). The van der Waals surface area contributed by atoms with E-state index in [0.29, 0.717) is 34.0 Å². The molecule has 1 aliphatic rings. The first-order valence-corrected chi connectivity index (χ1v) is 11.8. The standard InChI is InChI=1S/C27H28N6O2/c1-16-8-7-9-17(2)25(16)30-23(34)15-32(4)27(35)20-14-21(19-11-12-19)29-26-24(20)18(3)31-33(26)22-10-5-6-13-28-22/h5-10,13-14,19H,11-12,15H2,1-4H3,(H,30,34). The van der Waals surface area contributed by atoms with Gasteiger partial charge in [0.1, 0.15) is 0 Å². The van der Waals surface area contributed by atoms with Crippen LogP contribution in [0.2, 0.25) is 0 Å². The number of likely N-dealkylation sites (N-methyl/N-ethyl adjacent to an activating group) is 1. The number of anilines is 1. The average molecular weight is 469 g/mol. The summed E-state index contributed by atoms with van der Waals surface area (Å²) in [6, 6.07) is 13.3. The topological polar surface area (TPSA) is 93.0 Å². The maximum atomic E-state index is 13.6. The fraction of sp³-hybridized carbons (Fsp3) is 0.296. The number of hydrogen-bond donors (Lipinski definition) is 1. The van der Waals surface area contributed by atoms with E-state index in [4.69, 9.17) is 4.98 Å². The maximum absolute atomic E-state index is 13.6. The van der Waals surface area contributed by atoms with Gasteiger partial charge in [0.05, 0.1) is 23.2 Å². The molecule has 4 aromatic rings. The van der Waals surface area contributed by atoms with E-state index in [2.05, 4.69) is 15.4 Å². The number of amides is 2. The van der Waals surface area contributed by atoms with Gasteiger partial charge in [0.25, 0.3) is 5.91 Å². The predicted octanol–water partition coefficient (Wildman–Crippen LogP) is 4.33. The van der Waals surface area contributed by atoms with Crippen molar-refractivity contribution in [1.82, 2.24) is 24.6 Å². The molecule has 3 aromatic heterocycles. The highest BCUT2D eigenvalue weighted by Gasteiger charge is 2.30. The van der Waals surface area contributed by atoms with Crippen LogP contribution < -0.4 is 5.32 Å². The van der Waals surface area contributed by atoms with Crippen LogP contribution in [0, 0.1) is 20.8 Å². The number of nitrogens with zero attached hydrogens (tertiary/aromatic N) is 5. The number of carbonyl (C=O) groups is 2. The molecule has 0 radical (unpaired) electrons. The van der Waals surface area contributed by atoms with Gasteiger partial charge in [0, 0.05) is 30.5 Å². The Bertz CT molecular complexity index is 1420. The fourth-order valence-corrected chi connectivity index (χ4v) is 4.39. The molecule has 3 heterocycles. The smallest absolute Gasteiger partial charge is 0.254 e. The van der Waals surface area contributed by atoms with Crippen molar-refractivity contribution >= 4 is 28.5 Å². The van der Waals surface area contributed by atoms with Gasteiger partial charge >= 0.3 is 0 Å². The Morgan fingerprint density at radius 1 is 1.09 bits per heavy atom. The van der Waals surface area contributed by atoms with E-state index in [0.717, 1.165) is 35.3 Å². The lowest BCUT2D eigenvalue weighted by atomic mass is 10.1. The molecule has 8 nitrogen and oxygen atoms in total. The zero-order chi connectivity index (χ0) is 24.7. The second-order valence-corrected chi connectivity index (χ2v) is 9.23. The van der Waals surface area contributed by atoms with Crippen LogP contribution in [0.4, 0.5) is 5.69 Å². The summed E-state index contributed by atoms with van der Waals surface area (Å²) in [6.45, 7) is 5.70. The Hall–Kier alpha value is -4.07. The number of benzene rings is 1. The van der Waals surface area contributed by atoms with Crippen LogP contribution in [0.15, 0.2) is 48.7 Å². The van der Waals surface area contributed by atoms with Gasteiger partial charge in [0.15, 0.2) is 11.5 Å². The maximum Gasteiger partial charge on any atom is 0.254 e. The Balaban J connectivity index is 1.48. The second-order valence-electron chi connectivity index (χ2n) is 9.23. The van der Waals surface area contributed by atoms with Crippen molar-refractivity contribution in [3.05, 3.63) is 76.7 Å². The molecule has 1 saturated carbocycles. The lowest BCUT2D eigenvalue weighted by molar-refractivity contribution is -0.116. The Labute approximate surface area is 204 Å². The van der Waals surface area contributed by atoms with E-state index in [1.54, 1.807) is 17.9 Å². The minimum atomic E-state index is -0.244. The first-order valence-electron chi connectivity index (χ1n) is 11.8. The number of para-hydroxylation sites is 1. The minimum Gasteiger partial charge on any atom is -0.332 e. The summed E-state index contributed by atoms with van der Waals surface area (Å²) in [7, 11) is 1.65. The molecule has 1 N–H and O–H groups in total. The summed E-state index contributed by atoms with van der Waals surface area (Å²) in [5.41, 5.74) is 5.45. The molecule has 0 saturated heterocycles. The highest BCUT2D eigenvalue weighted by Crippen LogP contribution is 2.40. The van der Waals surface area contributed by atoms with E-state index < -0.39 is 0 Å². The fourth-order valence-electron chi connectivity index (χ4n) is 4.39. The van der Waals surface area contributed by atoms with E-state index in [1.165, 1.54) is 4.90 Å². The lowest BCUT2D eigenvalue weighted by Crippen LogP contribution is -2.35. The third kappa shape index (κ3) is 4.39. The van der Waals surface area contributed by atoms with Crippen LogP contribution in [0.1, 0.15) is 51.6 Å². The van der Waals surface area contributed by atoms with Crippen molar-refractivity contribution < 1.29 is 9.59 Å². The Kier molecular flexibility index (Phi) is 5.80. The van der Waals surface area contributed by atoms with Gasteiger partial charge in [-0.2, -0.15) is 9.78 Å². The predicted molar refractivity (Wildman–Crippen MR) is 135 cm³/mol. The van der Waals surface area contributed by atoms with Crippen molar-refractivity contribution in [3.63, 3.8) is 0 Å². The summed E-state index contributed by atoms with van der Waals surface area (Å²) in [5.74, 6) is 0.508. The number of pyridine rings is 2. The number of fused-ring (bicyclic) bond motifs is 1. The third-order valence-electron chi connectivity index (χ3n) is 6.40. The van der Waals surface area contributed by atoms with Gasteiger partial charge in [-0.15, -0.1) is 0 Å². The van der Waals surface area contributed by atoms with Crippen LogP contribution in [0.3, 0.4) is 0 Å². The zero-order valence-electron chi connectivity index (χ0n) is 20.4. The lowest BCUT2D eigenvalue weighted by Gasteiger charge is -2.19. The van der Waals surface area contributed by atoms with Crippen molar-refractivity contribution in [2.24, 2.45) is 0 Å². The molecule has 0 spiro atoms. The van der Waals surface area contributed by atoms with Gasteiger partial charge in [-0.1, -0.05) is 24.3 Å². The highest BCUT2D eigenvalue weighted by atomic mass is 16.2. The molecule has 1 aliphatic carbocycles. The molecule has 35 heavy (non-hydrogen) atoms. The number of carbonyl (C=O) groups excluding carboxylic acids is 2. The monoisotopic (exact) mass is 468 g/mol. The van der Waals surface area contributed by atoms with Gasteiger partial charge < -0.3 is 10.2 Å². The SMILES string of the molecule is Cc1cccc(C)c1NC(=O)CN(C)C(=O)c1cc(C2CC2)nc2c1c(C)nn2-c1ccccn1. The first kappa shape index (κ1) is 22.7. The van der Waals surface area contributed by atoms with Crippen molar-refractivity contribution in [1.29, 1.82) is 0 Å². The van der Waals surface area contributed by atoms with Gasteiger partial charge in [-0.05, 0) is 62.9 Å². The number of hydrogen-bond acceptors (Lipinski definition) is 5. The molecule has 0 atom stereocenters. The Morgan fingerprint density at radius 2 is 1.83 bits per heavy atom. The molecular weight excluding hydrogens is 440 g/mol. The van der Waals surface area contributed by atoms with Gasteiger partial charge in [-0.25, -0.2) is 9.97 Å². The van der Waals surface area contributed by atoms with Crippen molar-refractivity contribution in [3.8, 4) is 5.82 Å².